The molecule has 0 heterocycles. The molecule has 1 saturated carbocycles. The summed E-state index contributed by atoms with van der Waals surface area (Å²) in [6.07, 6.45) is 1.86. The number of anilines is 2. The smallest absolute Gasteiger partial charge is 0.249 e. The van der Waals surface area contributed by atoms with Gasteiger partial charge in [0.2, 0.25) is 11.8 Å². The van der Waals surface area contributed by atoms with Gasteiger partial charge in [0.05, 0.1) is 0 Å². The van der Waals surface area contributed by atoms with Crippen molar-refractivity contribution in [3.05, 3.63) is 59.4 Å². The molecule has 6 nitrogen and oxygen atoms in total. The first-order chi connectivity index (χ1) is 14.4. The maximum atomic E-state index is 13.6. The standard InChI is InChI=1S/C23H28FN3O3/c1-26(2)21-10-9-20(25-23(29)17-7-8-17)12-18(21)14-27(22(28)15-30-3)13-16-5-4-6-19(24)11-16/h4-6,9-12,17H,7-8,13-15H2,1-3H3,(H,25,29). The topological polar surface area (TPSA) is 61.9 Å². The van der Waals surface area contributed by atoms with Gasteiger partial charge in [-0.05, 0) is 54.3 Å². The minimum absolute atomic E-state index is 0.0330. The third-order valence-electron chi connectivity index (χ3n) is 5.02. The molecule has 7 heteroatoms. The lowest BCUT2D eigenvalue weighted by molar-refractivity contribution is -0.136. The number of halogens is 1. The third-order valence-corrected chi connectivity index (χ3v) is 5.02. The summed E-state index contributed by atoms with van der Waals surface area (Å²) in [5.41, 5.74) is 3.23. The summed E-state index contributed by atoms with van der Waals surface area (Å²) in [7, 11) is 5.32. The van der Waals surface area contributed by atoms with E-state index in [1.807, 2.05) is 37.2 Å². The number of amides is 2. The van der Waals surface area contributed by atoms with Crippen molar-refractivity contribution in [2.75, 3.05) is 38.0 Å². The zero-order chi connectivity index (χ0) is 21.7. The summed E-state index contributed by atoms with van der Waals surface area (Å²) in [4.78, 5) is 28.5. The molecule has 0 bridgehead atoms. The predicted octanol–water partition coefficient (Wildman–Crippen LogP) is 3.42. The van der Waals surface area contributed by atoms with Gasteiger partial charge < -0.3 is 19.9 Å². The number of ether oxygens (including phenoxy) is 1. The second-order valence-electron chi connectivity index (χ2n) is 7.81. The molecule has 0 radical (unpaired) electrons. The number of nitrogens with zero attached hydrogens (tertiary/aromatic N) is 2. The molecule has 0 spiro atoms. The highest BCUT2D eigenvalue weighted by Gasteiger charge is 2.29. The predicted molar refractivity (Wildman–Crippen MR) is 115 cm³/mol. The lowest BCUT2D eigenvalue weighted by Gasteiger charge is -2.26. The van der Waals surface area contributed by atoms with Crippen molar-refractivity contribution < 1.29 is 18.7 Å². The highest BCUT2D eigenvalue weighted by atomic mass is 19.1. The van der Waals surface area contributed by atoms with Crippen molar-refractivity contribution in [2.45, 2.75) is 25.9 Å². The molecule has 1 fully saturated rings. The summed E-state index contributed by atoms with van der Waals surface area (Å²) in [5.74, 6) is -0.398. The minimum Gasteiger partial charge on any atom is -0.377 e. The second kappa shape index (κ2) is 9.71. The molecule has 2 aromatic rings. The van der Waals surface area contributed by atoms with Gasteiger partial charge in [-0.2, -0.15) is 0 Å². The Morgan fingerprint density at radius 2 is 1.90 bits per heavy atom. The van der Waals surface area contributed by atoms with Crippen LogP contribution < -0.4 is 10.2 Å². The molecule has 0 aliphatic heterocycles. The molecule has 1 aliphatic rings. The lowest BCUT2D eigenvalue weighted by Crippen LogP contribution is -2.33. The molecule has 0 atom stereocenters. The SMILES string of the molecule is COCC(=O)N(Cc1cccc(F)c1)Cc1cc(NC(=O)C2CC2)ccc1N(C)C. The Labute approximate surface area is 176 Å². The molecular formula is C23H28FN3O3. The van der Waals surface area contributed by atoms with Crippen molar-refractivity contribution in [3.63, 3.8) is 0 Å². The van der Waals surface area contributed by atoms with E-state index in [4.69, 9.17) is 4.74 Å². The van der Waals surface area contributed by atoms with Gasteiger partial charge in [-0.1, -0.05) is 12.1 Å². The van der Waals surface area contributed by atoms with Crippen molar-refractivity contribution >= 4 is 23.2 Å². The number of hydrogen-bond acceptors (Lipinski definition) is 4. The molecular weight excluding hydrogens is 385 g/mol. The fraction of sp³-hybridized carbons (Fsp3) is 0.391. The second-order valence-corrected chi connectivity index (χ2v) is 7.81. The number of hydrogen-bond donors (Lipinski definition) is 1. The van der Waals surface area contributed by atoms with E-state index in [0.717, 1.165) is 24.1 Å². The Kier molecular flexibility index (Phi) is 7.05. The average molecular weight is 413 g/mol. The number of rotatable bonds is 9. The molecule has 1 aliphatic carbocycles. The number of benzene rings is 2. The maximum absolute atomic E-state index is 13.6. The minimum atomic E-state index is -0.342. The van der Waals surface area contributed by atoms with Crippen LogP contribution in [0.2, 0.25) is 0 Å². The third kappa shape index (κ3) is 5.79. The van der Waals surface area contributed by atoms with Crippen LogP contribution in [-0.2, 0) is 27.4 Å². The summed E-state index contributed by atoms with van der Waals surface area (Å²) in [6, 6.07) is 11.9. The Bertz CT molecular complexity index is 912. The largest absolute Gasteiger partial charge is 0.377 e. The van der Waals surface area contributed by atoms with E-state index in [1.54, 1.807) is 17.0 Å². The van der Waals surface area contributed by atoms with Crippen molar-refractivity contribution in [2.24, 2.45) is 5.92 Å². The molecule has 2 aromatic carbocycles. The van der Waals surface area contributed by atoms with Crippen LogP contribution in [0.5, 0.6) is 0 Å². The summed E-state index contributed by atoms with van der Waals surface area (Å²) >= 11 is 0. The van der Waals surface area contributed by atoms with Crippen molar-refractivity contribution in [1.82, 2.24) is 4.90 Å². The van der Waals surface area contributed by atoms with Gasteiger partial charge >= 0.3 is 0 Å². The van der Waals surface area contributed by atoms with Crippen molar-refractivity contribution in [3.8, 4) is 0 Å². The van der Waals surface area contributed by atoms with Gasteiger partial charge in [-0.25, -0.2) is 4.39 Å². The van der Waals surface area contributed by atoms with E-state index in [9.17, 15) is 14.0 Å². The van der Waals surface area contributed by atoms with Crippen LogP contribution in [0.4, 0.5) is 15.8 Å². The zero-order valence-corrected chi connectivity index (χ0v) is 17.7. The first-order valence-electron chi connectivity index (χ1n) is 9.99. The number of methoxy groups -OCH3 is 1. The maximum Gasteiger partial charge on any atom is 0.249 e. The average Bonchev–Trinajstić information content (AvgIpc) is 3.53. The van der Waals surface area contributed by atoms with E-state index in [-0.39, 0.29) is 36.7 Å². The van der Waals surface area contributed by atoms with Crippen molar-refractivity contribution in [1.29, 1.82) is 0 Å². The quantitative estimate of drug-likeness (QED) is 0.684. The summed E-state index contributed by atoms with van der Waals surface area (Å²) < 4.78 is 18.7. The van der Waals surface area contributed by atoms with Crippen LogP contribution in [0.3, 0.4) is 0 Å². The van der Waals surface area contributed by atoms with Gasteiger partial charge in [0.25, 0.3) is 0 Å². The van der Waals surface area contributed by atoms with Crippen LogP contribution in [0.15, 0.2) is 42.5 Å². The van der Waals surface area contributed by atoms with Gasteiger partial charge in [0.15, 0.2) is 0 Å². The Morgan fingerprint density at radius 3 is 2.53 bits per heavy atom. The summed E-state index contributed by atoms with van der Waals surface area (Å²) in [6.45, 7) is 0.496. The molecule has 0 aromatic heterocycles. The van der Waals surface area contributed by atoms with Gasteiger partial charge in [-0.3, -0.25) is 9.59 Å². The Morgan fingerprint density at radius 1 is 1.13 bits per heavy atom. The monoisotopic (exact) mass is 413 g/mol. The van der Waals surface area contributed by atoms with E-state index < -0.39 is 0 Å². The molecule has 160 valence electrons. The summed E-state index contributed by atoms with van der Waals surface area (Å²) in [5, 5.41) is 2.96. The van der Waals surface area contributed by atoms with Crippen LogP contribution in [0.25, 0.3) is 0 Å². The fourth-order valence-electron chi connectivity index (χ4n) is 3.32. The molecule has 30 heavy (non-hydrogen) atoms. The molecule has 0 unspecified atom stereocenters. The van der Waals surface area contributed by atoms with E-state index in [0.29, 0.717) is 17.8 Å². The van der Waals surface area contributed by atoms with E-state index in [1.165, 1.54) is 19.2 Å². The van der Waals surface area contributed by atoms with Crippen LogP contribution >= 0.6 is 0 Å². The number of nitrogens with one attached hydrogen (secondary N) is 1. The lowest BCUT2D eigenvalue weighted by atomic mass is 10.1. The van der Waals surface area contributed by atoms with E-state index in [2.05, 4.69) is 5.32 Å². The first kappa shape index (κ1) is 21.8. The van der Waals surface area contributed by atoms with Crippen LogP contribution in [0, 0.1) is 11.7 Å². The molecule has 1 N–H and O–H groups in total. The normalized spacial score (nSPS) is 13.1. The molecule has 0 saturated heterocycles. The molecule has 3 rings (SSSR count). The highest BCUT2D eigenvalue weighted by molar-refractivity contribution is 5.94. The highest BCUT2D eigenvalue weighted by Crippen LogP contribution is 2.31. The van der Waals surface area contributed by atoms with Gasteiger partial charge in [-0.15, -0.1) is 0 Å². The number of carbonyl (C=O) groups excluding carboxylic acids is 2. The fourth-order valence-corrected chi connectivity index (χ4v) is 3.32. The van der Waals surface area contributed by atoms with Crippen LogP contribution in [-0.4, -0.2) is 44.5 Å². The number of carbonyl (C=O) groups is 2. The molecule has 2 amide bonds. The van der Waals surface area contributed by atoms with Crippen LogP contribution in [0.1, 0.15) is 24.0 Å². The van der Waals surface area contributed by atoms with E-state index >= 15 is 0 Å². The Balaban J connectivity index is 1.86. The zero-order valence-electron chi connectivity index (χ0n) is 17.7. The van der Waals surface area contributed by atoms with Gasteiger partial charge in [0, 0.05) is 51.6 Å². The van der Waals surface area contributed by atoms with Gasteiger partial charge in [0.1, 0.15) is 12.4 Å². The first-order valence-corrected chi connectivity index (χ1v) is 9.99. The Hall–Kier alpha value is -2.93.